The van der Waals surface area contributed by atoms with Crippen molar-refractivity contribution < 1.29 is 14.3 Å². The van der Waals surface area contributed by atoms with E-state index in [2.05, 4.69) is 10.3 Å². The third-order valence-electron chi connectivity index (χ3n) is 4.12. The number of fused-ring (bicyclic) bond motifs is 1. The van der Waals surface area contributed by atoms with E-state index in [1.165, 1.54) is 0 Å². The van der Waals surface area contributed by atoms with Crippen LogP contribution in [0, 0.1) is 6.92 Å². The molecular weight excluding hydrogens is 280 g/mol. The Morgan fingerprint density at radius 3 is 3.05 bits per heavy atom. The van der Waals surface area contributed by atoms with Crippen LogP contribution in [0.5, 0.6) is 0 Å². The zero-order valence-electron chi connectivity index (χ0n) is 13.0. The predicted molar refractivity (Wildman–Crippen MR) is 84.9 cm³/mol. The van der Waals surface area contributed by atoms with Gasteiger partial charge in [0, 0.05) is 23.2 Å². The largest absolute Gasteiger partial charge is 0.376 e. The fourth-order valence-electron chi connectivity index (χ4n) is 3.03. The summed E-state index contributed by atoms with van der Waals surface area (Å²) in [6.45, 7) is 5.65. The highest BCUT2D eigenvalue weighted by molar-refractivity contribution is 5.90. The first-order valence-electron chi connectivity index (χ1n) is 7.74. The molecule has 1 aromatic carbocycles. The summed E-state index contributed by atoms with van der Waals surface area (Å²) in [5, 5.41) is 4.15. The second-order valence-corrected chi connectivity index (χ2v) is 5.66. The first-order chi connectivity index (χ1) is 10.7. The van der Waals surface area contributed by atoms with Crippen molar-refractivity contribution in [3.63, 3.8) is 0 Å². The summed E-state index contributed by atoms with van der Waals surface area (Å²) in [7, 11) is 0. The predicted octanol–water partition coefficient (Wildman–Crippen LogP) is 1.94. The molecule has 22 heavy (non-hydrogen) atoms. The van der Waals surface area contributed by atoms with Crippen molar-refractivity contribution in [1.29, 1.82) is 0 Å². The maximum absolute atomic E-state index is 12.4. The van der Waals surface area contributed by atoms with Crippen LogP contribution >= 0.6 is 0 Å². The van der Waals surface area contributed by atoms with Gasteiger partial charge in [0.1, 0.15) is 6.10 Å². The number of ether oxygens (including phenoxy) is 2. The van der Waals surface area contributed by atoms with Crippen LogP contribution in [0.15, 0.2) is 24.3 Å². The molecule has 0 spiro atoms. The fraction of sp³-hybridized carbons (Fsp3) is 0.471. The van der Waals surface area contributed by atoms with Crippen LogP contribution in [-0.4, -0.2) is 42.9 Å². The lowest BCUT2D eigenvalue weighted by Gasteiger charge is -2.18. The fourth-order valence-corrected chi connectivity index (χ4v) is 3.03. The molecule has 2 atom stereocenters. The number of aryl methyl sites for hydroxylation is 1. The highest BCUT2D eigenvalue weighted by Gasteiger charge is 2.30. The van der Waals surface area contributed by atoms with Gasteiger partial charge < -0.3 is 19.8 Å². The SMILES string of the molecule is CCO[C@H]1COC[C@@H]1NC(=O)Cc1c(C)[nH]c2ccccc12. The molecule has 0 saturated carbocycles. The van der Waals surface area contributed by atoms with Crippen molar-refractivity contribution in [2.45, 2.75) is 32.4 Å². The maximum Gasteiger partial charge on any atom is 0.224 e. The van der Waals surface area contributed by atoms with E-state index in [1.54, 1.807) is 0 Å². The van der Waals surface area contributed by atoms with Gasteiger partial charge in [-0.1, -0.05) is 18.2 Å². The number of aromatic nitrogens is 1. The van der Waals surface area contributed by atoms with Crippen LogP contribution in [0.3, 0.4) is 0 Å². The monoisotopic (exact) mass is 302 g/mol. The van der Waals surface area contributed by atoms with Gasteiger partial charge in [0.05, 0.1) is 25.7 Å². The number of rotatable bonds is 5. The molecule has 3 rings (SSSR count). The molecule has 1 amide bonds. The molecule has 2 aromatic rings. The molecule has 118 valence electrons. The molecule has 1 aliphatic heterocycles. The minimum absolute atomic E-state index is 0.00746. The van der Waals surface area contributed by atoms with Crippen molar-refractivity contribution >= 4 is 16.8 Å². The van der Waals surface area contributed by atoms with E-state index in [0.29, 0.717) is 26.2 Å². The third kappa shape index (κ3) is 3.00. The Balaban J connectivity index is 1.69. The molecule has 1 aliphatic rings. The Bertz CT molecular complexity index is 665. The van der Waals surface area contributed by atoms with Crippen molar-refractivity contribution in [3.05, 3.63) is 35.5 Å². The van der Waals surface area contributed by atoms with Crippen LogP contribution in [0.25, 0.3) is 10.9 Å². The lowest BCUT2D eigenvalue weighted by atomic mass is 10.1. The quantitative estimate of drug-likeness (QED) is 0.887. The number of nitrogens with one attached hydrogen (secondary N) is 2. The summed E-state index contributed by atoms with van der Waals surface area (Å²) < 4.78 is 11.0. The average molecular weight is 302 g/mol. The zero-order valence-corrected chi connectivity index (χ0v) is 13.0. The molecule has 0 radical (unpaired) electrons. The van der Waals surface area contributed by atoms with E-state index in [0.717, 1.165) is 22.2 Å². The van der Waals surface area contributed by atoms with Crippen LogP contribution in [-0.2, 0) is 20.7 Å². The highest BCUT2D eigenvalue weighted by atomic mass is 16.5. The van der Waals surface area contributed by atoms with Crippen molar-refractivity contribution in [2.24, 2.45) is 0 Å². The molecule has 5 nitrogen and oxygen atoms in total. The van der Waals surface area contributed by atoms with E-state index >= 15 is 0 Å². The number of benzene rings is 1. The van der Waals surface area contributed by atoms with Gasteiger partial charge >= 0.3 is 0 Å². The number of hydrogen-bond acceptors (Lipinski definition) is 3. The number of hydrogen-bond donors (Lipinski definition) is 2. The molecule has 0 unspecified atom stereocenters. The number of carbonyl (C=O) groups excluding carboxylic acids is 1. The van der Waals surface area contributed by atoms with Crippen molar-refractivity contribution in [1.82, 2.24) is 10.3 Å². The minimum atomic E-state index is -0.0574. The van der Waals surface area contributed by atoms with Gasteiger partial charge in [-0.25, -0.2) is 0 Å². The van der Waals surface area contributed by atoms with Gasteiger partial charge in [-0.15, -0.1) is 0 Å². The maximum atomic E-state index is 12.4. The van der Waals surface area contributed by atoms with Crippen LogP contribution < -0.4 is 5.32 Å². The third-order valence-corrected chi connectivity index (χ3v) is 4.12. The Kier molecular flexibility index (Phi) is 4.45. The van der Waals surface area contributed by atoms with Gasteiger partial charge in [0.25, 0.3) is 0 Å². The van der Waals surface area contributed by atoms with Gasteiger partial charge in [-0.2, -0.15) is 0 Å². The topological polar surface area (TPSA) is 63.4 Å². The number of H-pyrrole nitrogens is 1. The zero-order chi connectivity index (χ0) is 15.5. The summed E-state index contributed by atoms with van der Waals surface area (Å²) in [5.74, 6) is 0.00746. The van der Waals surface area contributed by atoms with E-state index in [9.17, 15) is 4.79 Å². The van der Waals surface area contributed by atoms with Gasteiger partial charge in [0.15, 0.2) is 0 Å². The molecule has 2 N–H and O–H groups in total. The molecule has 0 aliphatic carbocycles. The Morgan fingerprint density at radius 1 is 1.41 bits per heavy atom. The van der Waals surface area contributed by atoms with E-state index in [4.69, 9.17) is 9.47 Å². The number of aromatic amines is 1. The number of para-hydroxylation sites is 1. The average Bonchev–Trinajstić information content (AvgIpc) is 3.05. The molecule has 5 heteroatoms. The van der Waals surface area contributed by atoms with E-state index in [1.807, 2.05) is 38.1 Å². The second kappa shape index (κ2) is 6.50. The van der Waals surface area contributed by atoms with E-state index < -0.39 is 0 Å². The Hall–Kier alpha value is -1.85. The number of carbonyl (C=O) groups is 1. The normalized spacial score (nSPS) is 21.4. The number of amides is 1. The minimum Gasteiger partial charge on any atom is -0.376 e. The van der Waals surface area contributed by atoms with Crippen molar-refractivity contribution in [2.75, 3.05) is 19.8 Å². The highest BCUT2D eigenvalue weighted by Crippen LogP contribution is 2.22. The molecular formula is C17H22N2O3. The first-order valence-corrected chi connectivity index (χ1v) is 7.74. The summed E-state index contributed by atoms with van der Waals surface area (Å²) in [6.07, 6.45) is 0.323. The van der Waals surface area contributed by atoms with Gasteiger partial charge in [0.2, 0.25) is 5.91 Å². The van der Waals surface area contributed by atoms with Crippen molar-refractivity contribution in [3.8, 4) is 0 Å². The van der Waals surface area contributed by atoms with Gasteiger partial charge in [-0.05, 0) is 25.5 Å². The molecule has 1 fully saturated rings. The lowest BCUT2D eigenvalue weighted by Crippen LogP contribution is -2.44. The van der Waals surface area contributed by atoms with Gasteiger partial charge in [-0.3, -0.25) is 4.79 Å². The summed E-state index contributed by atoms with van der Waals surface area (Å²) in [4.78, 5) is 15.7. The molecule has 2 heterocycles. The first kappa shape index (κ1) is 15.1. The van der Waals surface area contributed by atoms with E-state index in [-0.39, 0.29) is 18.1 Å². The Labute approximate surface area is 130 Å². The summed E-state index contributed by atoms with van der Waals surface area (Å²) in [5.41, 5.74) is 3.17. The van der Waals surface area contributed by atoms with Crippen LogP contribution in [0.4, 0.5) is 0 Å². The Morgan fingerprint density at radius 2 is 2.23 bits per heavy atom. The smallest absolute Gasteiger partial charge is 0.224 e. The second-order valence-electron chi connectivity index (χ2n) is 5.66. The lowest BCUT2D eigenvalue weighted by molar-refractivity contribution is -0.121. The molecule has 1 saturated heterocycles. The molecule has 0 bridgehead atoms. The molecule has 1 aromatic heterocycles. The summed E-state index contributed by atoms with van der Waals surface area (Å²) in [6, 6.07) is 8.00. The standard InChI is InChI=1S/C17H22N2O3/c1-3-22-16-10-21-9-15(16)19-17(20)8-13-11(2)18-14-7-5-4-6-12(13)14/h4-7,15-16,18H,3,8-10H2,1-2H3,(H,19,20)/t15-,16-/m0/s1. The van der Waals surface area contributed by atoms with Crippen LogP contribution in [0.1, 0.15) is 18.2 Å². The van der Waals surface area contributed by atoms with Crippen LogP contribution in [0.2, 0.25) is 0 Å². The summed E-state index contributed by atoms with van der Waals surface area (Å²) >= 11 is 0.